The van der Waals surface area contributed by atoms with E-state index < -0.39 is 27.5 Å². The Kier molecular flexibility index (Phi) is 2.74. The Bertz CT molecular complexity index is 556. The molecule has 1 heterocycles. The third-order valence-electron chi connectivity index (χ3n) is 2.64. The van der Waals surface area contributed by atoms with Gasteiger partial charge in [-0.2, -0.15) is 0 Å². The first-order chi connectivity index (χ1) is 7.96. The summed E-state index contributed by atoms with van der Waals surface area (Å²) in [7, 11) is -3.40. The summed E-state index contributed by atoms with van der Waals surface area (Å²) in [6, 6.07) is 6.33. The van der Waals surface area contributed by atoms with Gasteiger partial charge in [0.25, 0.3) is 11.8 Å². The van der Waals surface area contributed by atoms with Crippen LogP contribution in [-0.2, 0) is 9.84 Å². The van der Waals surface area contributed by atoms with Crippen LogP contribution in [0.2, 0.25) is 0 Å². The second kappa shape index (κ2) is 3.96. The van der Waals surface area contributed by atoms with Crippen molar-refractivity contribution in [3.8, 4) is 0 Å². The third-order valence-corrected chi connectivity index (χ3v) is 4.18. The lowest BCUT2D eigenvalue weighted by Crippen LogP contribution is -2.35. The maximum absolute atomic E-state index is 11.8. The zero-order valence-electron chi connectivity index (χ0n) is 9.21. The van der Waals surface area contributed by atoms with Gasteiger partial charge in [-0.3, -0.25) is 14.5 Å². The van der Waals surface area contributed by atoms with Crippen molar-refractivity contribution in [1.29, 1.82) is 0 Å². The van der Waals surface area contributed by atoms with Crippen LogP contribution < -0.4 is 0 Å². The summed E-state index contributed by atoms with van der Waals surface area (Å²) in [5.74, 6) is -1.72. The van der Waals surface area contributed by atoms with Gasteiger partial charge in [0.05, 0.1) is 11.1 Å². The van der Waals surface area contributed by atoms with E-state index in [4.69, 9.17) is 0 Å². The van der Waals surface area contributed by atoms with E-state index in [-0.39, 0.29) is 16.9 Å². The zero-order valence-corrected chi connectivity index (χ0v) is 10.0. The van der Waals surface area contributed by atoms with Crippen LogP contribution in [0.4, 0.5) is 0 Å². The van der Waals surface area contributed by atoms with Gasteiger partial charge in [0, 0.05) is 5.75 Å². The molecule has 6 heteroatoms. The molecule has 0 N–H and O–H groups in total. The topological polar surface area (TPSA) is 71.5 Å². The van der Waals surface area contributed by atoms with Crippen molar-refractivity contribution in [2.75, 3.05) is 11.6 Å². The van der Waals surface area contributed by atoms with Gasteiger partial charge in [0.15, 0.2) is 9.84 Å². The summed E-state index contributed by atoms with van der Waals surface area (Å²) >= 11 is 0. The molecule has 0 radical (unpaired) electrons. The molecule has 0 aliphatic carbocycles. The molecule has 0 unspecified atom stereocenters. The largest absolute Gasteiger partial charge is 0.269 e. The molecule has 2 rings (SSSR count). The van der Waals surface area contributed by atoms with Crippen LogP contribution >= 0.6 is 0 Å². The molecule has 17 heavy (non-hydrogen) atoms. The van der Waals surface area contributed by atoms with Crippen LogP contribution in [0.15, 0.2) is 24.3 Å². The van der Waals surface area contributed by atoms with Gasteiger partial charge in [0.2, 0.25) is 0 Å². The Balaban J connectivity index is 2.37. The molecule has 5 nitrogen and oxygen atoms in total. The molecule has 0 saturated carbocycles. The van der Waals surface area contributed by atoms with E-state index in [0.29, 0.717) is 0 Å². The lowest BCUT2D eigenvalue weighted by molar-refractivity contribution is 0.0680. The van der Waals surface area contributed by atoms with Crippen LogP contribution in [0.25, 0.3) is 0 Å². The molecular weight excluding hydrogens is 242 g/mol. The number of hydrogen-bond acceptors (Lipinski definition) is 4. The van der Waals surface area contributed by atoms with E-state index in [1.807, 2.05) is 0 Å². The maximum Gasteiger partial charge on any atom is 0.262 e. The minimum Gasteiger partial charge on any atom is -0.269 e. The fraction of sp³-hybridized carbons (Fsp3) is 0.273. The molecule has 1 aliphatic rings. The second-order valence-corrected chi connectivity index (χ2v) is 6.07. The first-order valence-electron chi connectivity index (χ1n) is 5.12. The number of carbonyl (C=O) groups is 2. The van der Waals surface area contributed by atoms with Crippen LogP contribution in [0.1, 0.15) is 27.6 Å². The van der Waals surface area contributed by atoms with Crippen molar-refractivity contribution < 1.29 is 18.0 Å². The number of hydrogen-bond donors (Lipinski definition) is 0. The highest BCUT2D eigenvalue weighted by molar-refractivity contribution is 7.91. The molecule has 0 saturated heterocycles. The van der Waals surface area contributed by atoms with Crippen molar-refractivity contribution in [3.05, 3.63) is 35.4 Å². The molecule has 1 aromatic carbocycles. The Hall–Kier alpha value is -1.69. The maximum atomic E-state index is 11.8. The predicted molar refractivity (Wildman–Crippen MR) is 61.3 cm³/mol. The molecular formula is C11H11NO4S. The summed E-state index contributed by atoms with van der Waals surface area (Å²) in [6.07, 6.45) is 0. The quantitative estimate of drug-likeness (QED) is 0.742. The van der Waals surface area contributed by atoms with Crippen LogP contribution in [-0.4, -0.2) is 36.8 Å². The third kappa shape index (κ3) is 1.95. The lowest BCUT2D eigenvalue weighted by atomic mass is 10.1. The van der Waals surface area contributed by atoms with Gasteiger partial charge < -0.3 is 0 Å². The number of benzene rings is 1. The number of amides is 2. The van der Waals surface area contributed by atoms with E-state index in [1.54, 1.807) is 12.1 Å². The normalized spacial score (nSPS) is 15.2. The highest BCUT2D eigenvalue weighted by Gasteiger charge is 2.37. The molecule has 90 valence electrons. The summed E-state index contributed by atoms with van der Waals surface area (Å²) < 4.78 is 22.9. The monoisotopic (exact) mass is 253 g/mol. The summed E-state index contributed by atoms with van der Waals surface area (Å²) in [6.45, 7) is 1.48. The molecule has 1 aliphatic heterocycles. The molecule has 0 spiro atoms. The summed E-state index contributed by atoms with van der Waals surface area (Å²) in [4.78, 5) is 24.5. The SMILES string of the molecule is CCS(=O)(=O)CN1C(=O)c2ccccc2C1=O. The minimum absolute atomic E-state index is 0.0968. The number of imide groups is 1. The number of sulfone groups is 1. The Labute approximate surface area is 99.0 Å². The first-order valence-corrected chi connectivity index (χ1v) is 6.94. The smallest absolute Gasteiger partial charge is 0.262 e. The van der Waals surface area contributed by atoms with Crippen LogP contribution in [0.5, 0.6) is 0 Å². The van der Waals surface area contributed by atoms with E-state index in [1.165, 1.54) is 19.1 Å². The molecule has 0 fully saturated rings. The van der Waals surface area contributed by atoms with E-state index >= 15 is 0 Å². The van der Waals surface area contributed by atoms with E-state index in [0.717, 1.165) is 4.90 Å². The van der Waals surface area contributed by atoms with Crippen molar-refractivity contribution in [3.63, 3.8) is 0 Å². The van der Waals surface area contributed by atoms with Gasteiger partial charge in [-0.1, -0.05) is 19.1 Å². The highest BCUT2D eigenvalue weighted by Crippen LogP contribution is 2.22. The van der Waals surface area contributed by atoms with Crippen LogP contribution in [0.3, 0.4) is 0 Å². The molecule has 0 aromatic heterocycles. The number of carbonyl (C=O) groups excluding carboxylic acids is 2. The summed E-state index contributed by atoms with van der Waals surface area (Å²) in [5, 5.41) is 0. The molecule has 0 atom stereocenters. The van der Waals surface area contributed by atoms with Gasteiger partial charge in [-0.05, 0) is 12.1 Å². The molecule has 2 amide bonds. The standard InChI is InChI=1S/C11H11NO4S/c1-2-17(15,16)7-12-10(13)8-5-3-4-6-9(8)11(12)14/h3-6H,2,7H2,1H3. The first kappa shape index (κ1) is 11.8. The fourth-order valence-electron chi connectivity index (χ4n) is 1.64. The number of rotatable bonds is 3. The fourth-order valence-corrected chi connectivity index (χ4v) is 2.45. The Morgan fingerprint density at radius 2 is 1.53 bits per heavy atom. The van der Waals surface area contributed by atoms with Crippen molar-refractivity contribution in [1.82, 2.24) is 4.90 Å². The Morgan fingerprint density at radius 3 is 1.94 bits per heavy atom. The highest BCUT2D eigenvalue weighted by atomic mass is 32.2. The van der Waals surface area contributed by atoms with Crippen molar-refractivity contribution in [2.45, 2.75) is 6.92 Å². The second-order valence-electron chi connectivity index (χ2n) is 3.75. The number of nitrogens with zero attached hydrogens (tertiary/aromatic N) is 1. The minimum atomic E-state index is -3.40. The van der Waals surface area contributed by atoms with Gasteiger partial charge in [-0.15, -0.1) is 0 Å². The predicted octanol–water partition coefficient (Wildman–Crippen LogP) is 0.675. The van der Waals surface area contributed by atoms with E-state index in [9.17, 15) is 18.0 Å². The van der Waals surface area contributed by atoms with Crippen molar-refractivity contribution in [2.24, 2.45) is 0 Å². The average Bonchev–Trinajstić information content (AvgIpc) is 2.55. The summed E-state index contributed by atoms with van der Waals surface area (Å²) in [5.41, 5.74) is 0.535. The van der Waals surface area contributed by atoms with Crippen molar-refractivity contribution >= 4 is 21.7 Å². The van der Waals surface area contributed by atoms with Gasteiger partial charge >= 0.3 is 0 Å². The van der Waals surface area contributed by atoms with Crippen LogP contribution in [0, 0.1) is 0 Å². The lowest BCUT2D eigenvalue weighted by Gasteiger charge is -2.12. The Morgan fingerprint density at radius 1 is 1.06 bits per heavy atom. The van der Waals surface area contributed by atoms with Gasteiger partial charge in [0.1, 0.15) is 5.88 Å². The van der Waals surface area contributed by atoms with E-state index in [2.05, 4.69) is 0 Å². The zero-order chi connectivity index (χ0) is 12.6. The van der Waals surface area contributed by atoms with Gasteiger partial charge in [-0.25, -0.2) is 8.42 Å². The molecule has 1 aromatic rings. The molecule has 0 bridgehead atoms. The number of fused-ring (bicyclic) bond motifs is 1. The average molecular weight is 253 g/mol.